The van der Waals surface area contributed by atoms with Gasteiger partial charge in [0.05, 0.1) is 11.0 Å². The fourth-order valence-corrected chi connectivity index (χ4v) is 2.95. The highest BCUT2D eigenvalue weighted by Crippen LogP contribution is 2.14. The largest absolute Gasteiger partial charge is 0.392 e. The van der Waals surface area contributed by atoms with E-state index in [1.807, 2.05) is 17.5 Å². The van der Waals surface area contributed by atoms with Crippen molar-refractivity contribution in [2.45, 2.75) is 31.8 Å². The van der Waals surface area contributed by atoms with Crippen LogP contribution in [0.1, 0.15) is 35.4 Å². The van der Waals surface area contributed by atoms with E-state index in [9.17, 15) is 9.90 Å². The minimum Gasteiger partial charge on any atom is -0.392 e. The second-order valence-electron chi connectivity index (χ2n) is 4.60. The molecule has 2 heterocycles. The number of β-amino-alcohol motifs (C(OH)–C–C–N with tert-alkyl or cyclic N) is 1. The van der Waals surface area contributed by atoms with Crippen LogP contribution in [0.5, 0.6) is 0 Å². The lowest BCUT2D eigenvalue weighted by Crippen LogP contribution is -2.38. The number of likely N-dealkylation sites (tertiary alicyclic amines) is 1. The highest BCUT2D eigenvalue weighted by Gasteiger charge is 2.17. The lowest BCUT2D eigenvalue weighted by molar-refractivity contribution is 0.0692. The number of hydrogen-bond donors (Lipinski definition) is 1. The van der Waals surface area contributed by atoms with Gasteiger partial charge in [-0.25, -0.2) is 0 Å². The lowest BCUT2D eigenvalue weighted by atomic mass is 10.1. The molecule has 0 bridgehead atoms. The molecule has 0 saturated carbocycles. The fraction of sp³-hybridized carbons (Fsp3) is 0.615. The number of Topliss-reactive ketones (excluding diaryl/α,β-unsaturated/α-hetero) is 1. The third-order valence-corrected chi connectivity index (χ3v) is 4.07. The normalized spacial score (nSPS) is 21.6. The molecule has 0 radical (unpaired) electrons. The van der Waals surface area contributed by atoms with Gasteiger partial charge in [-0.15, -0.1) is 11.3 Å². The summed E-state index contributed by atoms with van der Waals surface area (Å²) >= 11 is 1.51. The molecular formula is C13H19NO2S. The maximum Gasteiger partial charge on any atom is 0.172 e. The summed E-state index contributed by atoms with van der Waals surface area (Å²) in [5, 5.41) is 11.5. The molecule has 1 aliphatic heterocycles. The van der Waals surface area contributed by atoms with Gasteiger partial charge in [-0.05, 0) is 43.8 Å². The lowest BCUT2D eigenvalue weighted by Gasteiger charge is -2.29. The van der Waals surface area contributed by atoms with Gasteiger partial charge in [0.15, 0.2) is 5.78 Å². The van der Waals surface area contributed by atoms with Crippen LogP contribution in [0.4, 0.5) is 0 Å². The SMILES string of the molecule is O=C(CCCN1CCCC(O)C1)c1cccs1. The Balaban J connectivity index is 1.67. The Morgan fingerprint density at radius 3 is 3.18 bits per heavy atom. The molecule has 1 fully saturated rings. The first-order chi connectivity index (χ1) is 8.25. The number of rotatable bonds is 5. The molecule has 1 unspecified atom stereocenters. The summed E-state index contributed by atoms with van der Waals surface area (Å²) in [4.78, 5) is 14.9. The van der Waals surface area contributed by atoms with Crippen molar-refractivity contribution in [2.24, 2.45) is 0 Å². The van der Waals surface area contributed by atoms with E-state index in [2.05, 4.69) is 4.90 Å². The number of thiophene rings is 1. The average Bonchev–Trinajstić information content (AvgIpc) is 2.82. The van der Waals surface area contributed by atoms with E-state index in [1.54, 1.807) is 0 Å². The summed E-state index contributed by atoms with van der Waals surface area (Å²) < 4.78 is 0. The second-order valence-corrected chi connectivity index (χ2v) is 5.55. The predicted octanol–water partition coefficient (Wildman–Crippen LogP) is 2.17. The Morgan fingerprint density at radius 1 is 1.59 bits per heavy atom. The fourth-order valence-electron chi connectivity index (χ4n) is 2.26. The van der Waals surface area contributed by atoms with Gasteiger partial charge in [0.2, 0.25) is 0 Å². The average molecular weight is 253 g/mol. The first-order valence-corrected chi connectivity index (χ1v) is 7.11. The maximum absolute atomic E-state index is 11.8. The van der Waals surface area contributed by atoms with Gasteiger partial charge < -0.3 is 10.0 Å². The number of carbonyl (C=O) groups is 1. The number of aliphatic hydroxyl groups is 1. The molecule has 17 heavy (non-hydrogen) atoms. The van der Waals surface area contributed by atoms with Crippen molar-refractivity contribution in [1.29, 1.82) is 0 Å². The third kappa shape index (κ3) is 3.91. The van der Waals surface area contributed by atoms with Crippen molar-refractivity contribution in [3.8, 4) is 0 Å². The topological polar surface area (TPSA) is 40.5 Å². The van der Waals surface area contributed by atoms with E-state index in [0.29, 0.717) is 6.42 Å². The molecule has 2 rings (SSSR count). The van der Waals surface area contributed by atoms with Crippen LogP contribution in [0.15, 0.2) is 17.5 Å². The van der Waals surface area contributed by atoms with Crippen molar-refractivity contribution in [3.05, 3.63) is 22.4 Å². The van der Waals surface area contributed by atoms with Crippen molar-refractivity contribution in [3.63, 3.8) is 0 Å². The van der Waals surface area contributed by atoms with Gasteiger partial charge in [0.25, 0.3) is 0 Å². The third-order valence-electron chi connectivity index (χ3n) is 3.15. The molecule has 0 aliphatic carbocycles. The van der Waals surface area contributed by atoms with Crippen molar-refractivity contribution < 1.29 is 9.90 Å². The van der Waals surface area contributed by atoms with Crippen LogP contribution in [0, 0.1) is 0 Å². The van der Waals surface area contributed by atoms with Crippen LogP contribution in [-0.2, 0) is 0 Å². The number of nitrogens with zero attached hydrogens (tertiary/aromatic N) is 1. The second kappa shape index (κ2) is 6.28. The Kier molecular flexibility index (Phi) is 4.71. The molecule has 94 valence electrons. The van der Waals surface area contributed by atoms with Crippen LogP contribution in [0.2, 0.25) is 0 Å². The van der Waals surface area contributed by atoms with Gasteiger partial charge in [-0.1, -0.05) is 6.07 Å². The molecule has 0 spiro atoms. The standard InChI is InChI=1S/C13H19NO2S/c15-11-4-1-7-14(10-11)8-2-5-12(16)13-6-3-9-17-13/h3,6,9,11,15H,1-2,4-5,7-8,10H2. The molecule has 1 aliphatic rings. The highest BCUT2D eigenvalue weighted by molar-refractivity contribution is 7.12. The molecule has 1 aromatic rings. The van der Waals surface area contributed by atoms with Gasteiger partial charge in [0.1, 0.15) is 0 Å². The minimum absolute atomic E-state index is 0.170. The monoisotopic (exact) mass is 253 g/mol. The van der Waals surface area contributed by atoms with Crippen molar-refractivity contribution in [2.75, 3.05) is 19.6 Å². The Morgan fingerprint density at radius 2 is 2.47 bits per heavy atom. The molecule has 1 N–H and O–H groups in total. The molecule has 0 aromatic carbocycles. The van der Waals surface area contributed by atoms with Crippen LogP contribution >= 0.6 is 11.3 Å². The van der Waals surface area contributed by atoms with Crippen LogP contribution in [-0.4, -0.2) is 41.5 Å². The highest BCUT2D eigenvalue weighted by atomic mass is 32.1. The van der Waals surface area contributed by atoms with E-state index in [-0.39, 0.29) is 11.9 Å². The molecule has 1 saturated heterocycles. The van der Waals surface area contributed by atoms with E-state index < -0.39 is 0 Å². The van der Waals surface area contributed by atoms with Crippen LogP contribution in [0.25, 0.3) is 0 Å². The summed E-state index contributed by atoms with van der Waals surface area (Å²) in [5.41, 5.74) is 0. The van der Waals surface area contributed by atoms with Gasteiger partial charge in [-0.2, -0.15) is 0 Å². The quantitative estimate of drug-likeness (QED) is 0.818. The van der Waals surface area contributed by atoms with Crippen molar-refractivity contribution in [1.82, 2.24) is 4.90 Å². The van der Waals surface area contributed by atoms with Crippen LogP contribution < -0.4 is 0 Å². The smallest absolute Gasteiger partial charge is 0.172 e. The Labute approximate surface area is 106 Å². The summed E-state index contributed by atoms with van der Waals surface area (Å²) in [6, 6.07) is 3.80. The number of aliphatic hydroxyl groups excluding tert-OH is 1. The van der Waals surface area contributed by atoms with E-state index in [4.69, 9.17) is 0 Å². The maximum atomic E-state index is 11.8. The van der Waals surface area contributed by atoms with Gasteiger partial charge >= 0.3 is 0 Å². The van der Waals surface area contributed by atoms with Gasteiger partial charge in [-0.3, -0.25) is 4.79 Å². The summed E-state index contributed by atoms with van der Waals surface area (Å²) in [7, 11) is 0. The molecule has 3 nitrogen and oxygen atoms in total. The summed E-state index contributed by atoms with van der Waals surface area (Å²) in [6.07, 6.45) is 3.33. The molecule has 0 amide bonds. The van der Waals surface area contributed by atoms with E-state index in [1.165, 1.54) is 11.3 Å². The zero-order valence-corrected chi connectivity index (χ0v) is 10.8. The number of hydrogen-bond acceptors (Lipinski definition) is 4. The van der Waals surface area contributed by atoms with Crippen molar-refractivity contribution >= 4 is 17.1 Å². The first kappa shape index (κ1) is 12.7. The predicted molar refractivity (Wildman–Crippen MR) is 69.6 cm³/mol. The zero-order valence-electron chi connectivity index (χ0n) is 9.97. The molecule has 1 atom stereocenters. The van der Waals surface area contributed by atoms with E-state index >= 15 is 0 Å². The Bertz CT molecular complexity index is 350. The minimum atomic E-state index is -0.170. The Hall–Kier alpha value is -0.710. The molecule has 1 aromatic heterocycles. The number of piperidine rings is 1. The van der Waals surface area contributed by atoms with Crippen LogP contribution in [0.3, 0.4) is 0 Å². The number of ketones is 1. The van der Waals surface area contributed by atoms with Gasteiger partial charge in [0, 0.05) is 13.0 Å². The zero-order chi connectivity index (χ0) is 12.1. The number of carbonyl (C=O) groups excluding carboxylic acids is 1. The summed E-state index contributed by atoms with van der Waals surface area (Å²) in [6.45, 7) is 2.76. The summed E-state index contributed by atoms with van der Waals surface area (Å²) in [5.74, 6) is 0.248. The molecule has 4 heteroatoms. The molecular weight excluding hydrogens is 234 g/mol. The van der Waals surface area contributed by atoms with E-state index in [0.717, 1.165) is 43.8 Å². The first-order valence-electron chi connectivity index (χ1n) is 6.23.